The highest BCUT2D eigenvalue weighted by molar-refractivity contribution is 9.10. The number of halogens is 1. The fraction of sp³-hybridized carbons (Fsp3) is 0.571. The van der Waals surface area contributed by atoms with Crippen molar-refractivity contribution in [1.82, 2.24) is 5.32 Å². The summed E-state index contributed by atoms with van der Waals surface area (Å²) in [7, 11) is 0. The molecule has 0 aliphatic carbocycles. The minimum absolute atomic E-state index is 0.599. The molecular weight excluding hydrogens is 276 g/mol. The molecule has 2 nitrogen and oxygen atoms in total. The number of hydrogen-bond donors (Lipinski definition) is 1. The van der Waals surface area contributed by atoms with E-state index in [1.165, 1.54) is 11.3 Å². The lowest BCUT2D eigenvalue weighted by molar-refractivity contribution is 0.368. The monoisotopic (exact) mass is 296 g/mol. The van der Waals surface area contributed by atoms with Crippen molar-refractivity contribution in [2.75, 3.05) is 24.5 Å². The highest BCUT2D eigenvalue weighted by atomic mass is 79.9. The maximum absolute atomic E-state index is 3.60. The fourth-order valence-corrected chi connectivity index (χ4v) is 2.72. The van der Waals surface area contributed by atoms with Crippen LogP contribution < -0.4 is 10.2 Å². The molecule has 1 aromatic carbocycles. The number of hydrogen-bond acceptors (Lipinski definition) is 2. The Balaban J connectivity index is 2.18. The molecule has 2 rings (SSSR count). The van der Waals surface area contributed by atoms with Crippen molar-refractivity contribution in [2.45, 2.75) is 26.8 Å². The summed E-state index contributed by atoms with van der Waals surface area (Å²) in [5.74, 6) is 0.685. The summed E-state index contributed by atoms with van der Waals surface area (Å²) in [4.78, 5) is 2.50. The lowest BCUT2D eigenvalue weighted by Gasteiger charge is -2.38. The molecule has 0 amide bonds. The molecule has 1 saturated heterocycles. The van der Waals surface area contributed by atoms with Gasteiger partial charge in [0.15, 0.2) is 0 Å². The van der Waals surface area contributed by atoms with Crippen LogP contribution in [0.1, 0.15) is 19.4 Å². The van der Waals surface area contributed by atoms with Gasteiger partial charge in [-0.3, -0.25) is 0 Å². The number of aryl methyl sites for hydroxylation is 1. The maximum Gasteiger partial charge on any atom is 0.0408 e. The lowest BCUT2D eigenvalue weighted by atomic mass is 10.0. The van der Waals surface area contributed by atoms with Gasteiger partial charge in [0, 0.05) is 35.8 Å². The van der Waals surface area contributed by atoms with Crippen LogP contribution in [0.5, 0.6) is 0 Å². The van der Waals surface area contributed by atoms with Gasteiger partial charge in [0.1, 0.15) is 0 Å². The van der Waals surface area contributed by atoms with Crippen molar-refractivity contribution in [3.63, 3.8) is 0 Å². The molecule has 1 unspecified atom stereocenters. The van der Waals surface area contributed by atoms with E-state index in [1.54, 1.807) is 0 Å². The molecule has 1 atom stereocenters. The summed E-state index contributed by atoms with van der Waals surface area (Å²) in [6, 6.07) is 7.13. The molecule has 0 aromatic heterocycles. The summed E-state index contributed by atoms with van der Waals surface area (Å²) < 4.78 is 1.16. The van der Waals surface area contributed by atoms with Crippen molar-refractivity contribution in [2.24, 2.45) is 5.92 Å². The predicted octanol–water partition coefficient (Wildman–Crippen LogP) is 3.19. The number of anilines is 1. The first-order valence-corrected chi connectivity index (χ1v) is 7.11. The van der Waals surface area contributed by atoms with E-state index < -0.39 is 0 Å². The van der Waals surface area contributed by atoms with Crippen molar-refractivity contribution >= 4 is 21.6 Å². The fourth-order valence-electron chi connectivity index (χ4n) is 2.37. The number of nitrogens with one attached hydrogen (secondary N) is 1. The van der Waals surface area contributed by atoms with Crippen LogP contribution in [-0.4, -0.2) is 25.7 Å². The Labute approximate surface area is 113 Å². The SMILES string of the molecule is Cc1ccc(Br)cc1N1CCNC(C(C)C)C1. The van der Waals surface area contributed by atoms with Gasteiger partial charge < -0.3 is 10.2 Å². The minimum atomic E-state index is 0.599. The Hall–Kier alpha value is -0.540. The van der Waals surface area contributed by atoms with E-state index in [0.29, 0.717) is 12.0 Å². The number of benzene rings is 1. The van der Waals surface area contributed by atoms with Crippen LogP contribution in [-0.2, 0) is 0 Å². The summed E-state index contributed by atoms with van der Waals surface area (Å²) in [5.41, 5.74) is 2.73. The van der Waals surface area contributed by atoms with Gasteiger partial charge in [-0.25, -0.2) is 0 Å². The van der Waals surface area contributed by atoms with Gasteiger partial charge in [-0.1, -0.05) is 35.8 Å². The zero-order valence-electron chi connectivity index (χ0n) is 10.8. The second kappa shape index (κ2) is 5.40. The van der Waals surface area contributed by atoms with Crippen LogP contribution in [0.15, 0.2) is 22.7 Å². The van der Waals surface area contributed by atoms with Crippen LogP contribution in [0.3, 0.4) is 0 Å². The summed E-state index contributed by atoms with van der Waals surface area (Å²) in [6.07, 6.45) is 0. The van der Waals surface area contributed by atoms with Gasteiger partial charge in [-0.2, -0.15) is 0 Å². The Morgan fingerprint density at radius 1 is 1.41 bits per heavy atom. The molecule has 1 N–H and O–H groups in total. The molecule has 94 valence electrons. The quantitative estimate of drug-likeness (QED) is 0.902. The normalized spacial score (nSPS) is 21.0. The van der Waals surface area contributed by atoms with Crippen LogP contribution >= 0.6 is 15.9 Å². The first kappa shape index (κ1) is 12.9. The molecule has 1 heterocycles. The van der Waals surface area contributed by atoms with Gasteiger partial charge in [0.2, 0.25) is 0 Å². The van der Waals surface area contributed by atoms with Crippen molar-refractivity contribution in [3.8, 4) is 0 Å². The summed E-state index contributed by atoms with van der Waals surface area (Å²) >= 11 is 3.56. The highest BCUT2D eigenvalue weighted by Gasteiger charge is 2.22. The van der Waals surface area contributed by atoms with Crippen molar-refractivity contribution in [3.05, 3.63) is 28.2 Å². The Morgan fingerprint density at radius 3 is 2.88 bits per heavy atom. The standard InChI is InChI=1S/C14H21BrN2/c1-10(2)13-9-17(7-6-16-13)14-8-12(15)5-4-11(14)3/h4-5,8,10,13,16H,6-7,9H2,1-3H3. The zero-order valence-corrected chi connectivity index (χ0v) is 12.4. The Morgan fingerprint density at radius 2 is 2.18 bits per heavy atom. The van der Waals surface area contributed by atoms with Crippen LogP contribution in [0.25, 0.3) is 0 Å². The van der Waals surface area contributed by atoms with Gasteiger partial charge in [0.05, 0.1) is 0 Å². The lowest BCUT2D eigenvalue weighted by Crippen LogP contribution is -2.53. The zero-order chi connectivity index (χ0) is 12.4. The first-order chi connectivity index (χ1) is 8.08. The van der Waals surface area contributed by atoms with Gasteiger partial charge >= 0.3 is 0 Å². The van der Waals surface area contributed by atoms with Gasteiger partial charge in [-0.15, -0.1) is 0 Å². The first-order valence-electron chi connectivity index (χ1n) is 6.32. The van der Waals surface area contributed by atoms with Crippen molar-refractivity contribution in [1.29, 1.82) is 0 Å². The largest absolute Gasteiger partial charge is 0.368 e. The molecule has 1 aliphatic heterocycles. The average Bonchev–Trinajstić information content (AvgIpc) is 2.32. The molecule has 0 radical (unpaired) electrons. The molecule has 0 bridgehead atoms. The summed E-state index contributed by atoms with van der Waals surface area (Å²) in [6.45, 7) is 10.0. The van der Waals surface area contributed by atoms with E-state index in [9.17, 15) is 0 Å². The van der Waals surface area contributed by atoms with Gasteiger partial charge in [-0.05, 0) is 30.5 Å². The summed E-state index contributed by atoms with van der Waals surface area (Å²) in [5, 5.41) is 3.60. The molecule has 1 aromatic rings. The number of rotatable bonds is 2. The maximum atomic E-state index is 3.60. The average molecular weight is 297 g/mol. The Bertz CT molecular complexity index is 390. The van der Waals surface area contributed by atoms with E-state index in [0.717, 1.165) is 24.1 Å². The van der Waals surface area contributed by atoms with E-state index in [4.69, 9.17) is 0 Å². The minimum Gasteiger partial charge on any atom is -0.368 e. The van der Waals surface area contributed by atoms with Crippen LogP contribution in [0.2, 0.25) is 0 Å². The molecule has 17 heavy (non-hydrogen) atoms. The molecule has 1 aliphatic rings. The molecule has 3 heteroatoms. The van der Waals surface area contributed by atoms with E-state index in [1.807, 2.05) is 0 Å². The number of piperazine rings is 1. The van der Waals surface area contributed by atoms with E-state index in [2.05, 4.69) is 65.1 Å². The molecule has 1 fully saturated rings. The van der Waals surface area contributed by atoms with E-state index in [-0.39, 0.29) is 0 Å². The third-order valence-corrected chi connectivity index (χ3v) is 4.02. The topological polar surface area (TPSA) is 15.3 Å². The molecular formula is C14H21BrN2. The second-order valence-corrected chi connectivity index (χ2v) is 6.10. The van der Waals surface area contributed by atoms with Crippen molar-refractivity contribution < 1.29 is 0 Å². The third kappa shape index (κ3) is 3.02. The second-order valence-electron chi connectivity index (χ2n) is 5.18. The van der Waals surface area contributed by atoms with Gasteiger partial charge in [0.25, 0.3) is 0 Å². The highest BCUT2D eigenvalue weighted by Crippen LogP contribution is 2.26. The van der Waals surface area contributed by atoms with E-state index >= 15 is 0 Å². The smallest absolute Gasteiger partial charge is 0.0408 e. The number of nitrogens with zero attached hydrogens (tertiary/aromatic N) is 1. The van der Waals surface area contributed by atoms with Crippen LogP contribution in [0, 0.1) is 12.8 Å². The predicted molar refractivity (Wildman–Crippen MR) is 77.7 cm³/mol. The third-order valence-electron chi connectivity index (χ3n) is 3.52. The molecule has 0 spiro atoms. The van der Waals surface area contributed by atoms with Crippen LogP contribution in [0.4, 0.5) is 5.69 Å². The molecule has 0 saturated carbocycles. The Kier molecular flexibility index (Phi) is 4.10.